The maximum atomic E-state index is 12.4. The van der Waals surface area contributed by atoms with Gasteiger partial charge in [0, 0.05) is 25.7 Å². The van der Waals surface area contributed by atoms with Crippen molar-refractivity contribution in [3.63, 3.8) is 0 Å². The molecular weight excluding hydrogens is 347 g/mol. The monoisotopic (exact) mass is 371 g/mol. The number of alkyl halides is 3. The molecule has 1 aliphatic heterocycles. The average Bonchev–Trinajstić information content (AvgIpc) is 2.59. The number of piperidine rings is 1. The Labute approximate surface area is 150 Å². The van der Waals surface area contributed by atoms with Gasteiger partial charge in [-0.1, -0.05) is 12.1 Å². The Kier molecular flexibility index (Phi) is 7.02. The largest absolute Gasteiger partial charge is 0.471 e. The van der Waals surface area contributed by atoms with E-state index in [4.69, 9.17) is 0 Å². The standard InChI is InChI=1S/C18H24F3N3O2/c1-24(17(26)18(19,20)21)12-14-3-2-4-15(11-14)23-16(25)6-5-13-7-9-22-10-8-13/h2-4,11,13,22H,5-10,12H2,1H3,(H,23,25). The lowest BCUT2D eigenvalue weighted by atomic mass is 9.93. The fraction of sp³-hybridized carbons (Fsp3) is 0.556. The predicted molar refractivity (Wildman–Crippen MR) is 92.4 cm³/mol. The summed E-state index contributed by atoms with van der Waals surface area (Å²) >= 11 is 0. The van der Waals surface area contributed by atoms with Gasteiger partial charge < -0.3 is 15.5 Å². The zero-order valence-electron chi connectivity index (χ0n) is 14.7. The second-order valence-electron chi connectivity index (χ2n) is 6.64. The van der Waals surface area contributed by atoms with Crippen molar-refractivity contribution in [3.05, 3.63) is 29.8 Å². The molecule has 0 saturated carbocycles. The number of carbonyl (C=O) groups is 2. The number of hydrogen-bond donors (Lipinski definition) is 2. The van der Waals surface area contributed by atoms with Gasteiger partial charge >= 0.3 is 12.1 Å². The summed E-state index contributed by atoms with van der Waals surface area (Å²) in [6.07, 6.45) is -1.50. The van der Waals surface area contributed by atoms with Crippen LogP contribution in [0.5, 0.6) is 0 Å². The Balaban J connectivity index is 1.85. The van der Waals surface area contributed by atoms with Crippen LogP contribution in [0.3, 0.4) is 0 Å². The van der Waals surface area contributed by atoms with E-state index in [0.717, 1.165) is 39.4 Å². The van der Waals surface area contributed by atoms with Crippen molar-refractivity contribution >= 4 is 17.5 Å². The molecule has 8 heteroatoms. The minimum atomic E-state index is -4.89. The molecule has 0 spiro atoms. The van der Waals surface area contributed by atoms with Crippen molar-refractivity contribution in [2.75, 3.05) is 25.5 Å². The highest BCUT2D eigenvalue weighted by Gasteiger charge is 2.41. The van der Waals surface area contributed by atoms with E-state index in [2.05, 4.69) is 10.6 Å². The first kappa shape index (κ1) is 20.2. The molecule has 2 N–H and O–H groups in total. The summed E-state index contributed by atoms with van der Waals surface area (Å²) < 4.78 is 37.3. The van der Waals surface area contributed by atoms with E-state index in [1.165, 1.54) is 0 Å². The number of amides is 2. The molecule has 1 saturated heterocycles. The van der Waals surface area contributed by atoms with Crippen LogP contribution in [0.1, 0.15) is 31.2 Å². The number of nitrogens with one attached hydrogen (secondary N) is 2. The van der Waals surface area contributed by atoms with Crippen molar-refractivity contribution in [2.24, 2.45) is 5.92 Å². The van der Waals surface area contributed by atoms with Gasteiger partial charge in [-0.2, -0.15) is 13.2 Å². The molecule has 1 aromatic rings. The maximum Gasteiger partial charge on any atom is 0.471 e. The normalized spacial score (nSPS) is 15.5. The van der Waals surface area contributed by atoms with Crippen LogP contribution < -0.4 is 10.6 Å². The Morgan fingerprint density at radius 3 is 2.62 bits per heavy atom. The number of halogens is 3. The highest BCUT2D eigenvalue weighted by Crippen LogP contribution is 2.21. The van der Waals surface area contributed by atoms with E-state index in [9.17, 15) is 22.8 Å². The van der Waals surface area contributed by atoms with Crippen LogP contribution in [0.2, 0.25) is 0 Å². The first-order valence-electron chi connectivity index (χ1n) is 8.67. The topological polar surface area (TPSA) is 61.4 Å². The highest BCUT2D eigenvalue weighted by molar-refractivity contribution is 5.90. The smallest absolute Gasteiger partial charge is 0.334 e. The summed E-state index contributed by atoms with van der Waals surface area (Å²) in [5.74, 6) is -1.45. The van der Waals surface area contributed by atoms with Crippen LogP contribution in [-0.4, -0.2) is 43.0 Å². The summed E-state index contributed by atoms with van der Waals surface area (Å²) in [7, 11) is 1.10. The Hall–Kier alpha value is -2.09. The quantitative estimate of drug-likeness (QED) is 0.808. The van der Waals surface area contributed by atoms with E-state index in [1.54, 1.807) is 24.3 Å². The van der Waals surface area contributed by atoms with Crippen LogP contribution >= 0.6 is 0 Å². The highest BCUT2D eigenvalue weighted by atomic mass is 19.4. The minimum absolute atomic E-state index is 0.111. The van der Waals surface area contributed by atoms with Gasteiger partial charge in [-0.05, 0) is 56.0 Å². The molecule has 144 valence electrons. The first-order chi connectivity index (χ1) is 12.3. The number of anilines is 1. The second-order valence-corrected chi connectivity index (χ2v) is 6.64. The van der Waals surface area contributed by atoms with Crippen LogP contribution in [0.15, 0.2) is 24.3 Å². The maximum absolute atomic E-state index is 12.4. The summed E-state index contributed by atoms with van der Waals surface area (Å²) in [6.45, 7) is 1.79. The molecule has 0 aliphatic carbocycles. The molecule has 26 heavy (non-hydrogen) atoms. The zero-order chi connectivity index (χ0) is 19.2. The Bertz CT molecular complexity index is 628. The Morgan fingerprint density at radius 2 is 1.96 bits per heavy atom. The summed E-state index contributed by atoms with van der Waals surface area (Å²) in [6, 6.07) is 6.52. The number of rotatable bonds is 6. The van der Waals surface area contributed by atoms with Gasteiger partial charge in [0.2, 0.25) is 5.91 Å². The van der Waals surface area contributed by atoms with Crippen LogP contribution in [0.25, 0.3) is 0 Å². The van der Waals surface area contributed by atoms with Crippen molar-refractivity contribution in [1.82, 2.24) is 10.2 Å². The summed E-state index contributed by atoms with van der Waals surface area (Å²) in [4.78, 5) is 23.9. The number of hydrogen-bond acceptors (Lipinski definition) is 3. The zero-order valence-corrected chi connectivity index (χ0v) is 14.7. The predicted octanol–water partition coefficient (Wildman–Crippen LogP) is 2.93. The van der Waals surface area contributed by atoms with Gasteiger partial charge in [0.15, 0.2) is 0 Å². The molecule has 0 unspecified atom stereocenters. The third kappa shape index (κ3) is 6.33. The van der Waals surface area contributed by atoms with Gasteiger partial charge in [0.25, 0.3) is 0 Å². The number of benzene rings is 1. The molecule has 2 rings (SSSR count). The van der Waals surface area contributed by atoms with E-state index >= 15 is 0 Å². The number of nitrogens with zero attached hydrogens (tertiary/aromatic N) is 1. The summed E-state index contributed by atoms with van der Waals surface area (Å²) in [5, 5.41) is 6.06. The van der Waals surface area contributed by atoms with Crippen molar-refractivity contribution < 1.29 is 22.8 Å². The molecule has 0 aromatic heterocycles. The molecule has 0 radical (unpaired) electrons. The van der Waals surface area contributed by atoms with Gasteiger partial charge in [0.1, 0.15) is 0 Å². The fourth-order valence-corrected chi connectivity index (χ4v) is 3.04. The SMILES string of the molecule is CN(Cc1cccc(NC(=O)CCC2CCNCC2)c1)C(=O)C(F)(F)F. The third-order valence-electron chi connectivity index (χ3n) is 4.46. The minimum Gasteiger partial charge on any atom is -0.334 e. The molecule has 1 aliphatic rings. The van der Waals surface area contributed by atoms with Gasteiger partial charge in [-0.3, -0.25) is 9.59 Å². The second kappa shape index (κ2) is 9.02. The molecule has 1 fully saturated rings. The van der Waals surface area contributed by atoms with Crippen molar-refractivity contribution in [2.45, 2.75) is 38.4 Å². The lowest BCUT2D eigenvalue weighted by Gasteiger charge is -2.22. The Morgan fingerprint density at radius 1 is 1.27 bits per heavy atom. The first-order valence-corrected chi connectivity index (χ1v) is 8.67. The molecule has 1 heterocycles. The molecular formula is C18H24F3N3O2. The van der Waals surface area contributed by atoms with E-state index < -0.39 is 12.1 Å². The average molecular weight is 371 g/mol. The van der Waals surface area contributed by atoms with Crippen LogP contribution in [0, 0.1) is 5.92 Å². The van der Waals surface area contributed by atoms with Crippen molar-refractivity contribution in [1.29, 1.82) is 0 Å². The fourth-order valence-electron chi connectivity index (χ4n) is 3.04. The third-order valence-corrected chi connectivity index (χ3v) is 4.46. The molecule has 5 nitrogen and oxygen atoms in total. The van der Waals surface area contributed by atoms with Crippen LogP contribution in [0.4, 0.5) is 18.9 Å². The van der Waals surface area contributed by atoms with E-state index in [1.807, 2.05) is 0 Å². The summed E-state index contributed by atoms with van der Waals surface area (Å²) in [5.41, 5.74) is 1.03. The van der Waals surface area contributed by atoms with Gasteiger partial charge in [0.05, 0.1) is 0 Å². The van der Waals surface area contributed by atoms with Gasteiger partial charge in [-0.15, -0.1) is 0 Å². The van der Waals surface area contributed by atoms with E-state index in [0.29, 0.717) is 28.5 Å². The van der Waals surface area contributed by atoms with Gasteiger partial charge in [-0.25, -0.2) is 0 Å². The van der Waals surface area contributed by atoms with E-state index in [-0.39, 0.29) is 12.5 Å². The van der Waals surface area contributed by atoms with Crippen molar-refractivity contribution in [3.8, 4) is 0 Å². The lowest BCUT2D eigenvalue weighted by Crippen LogP contribution is -2.37. The molecule has 2 amide bonds. The van der Waals surface area contributed by atoms with Crippen LogP contribution in [-0.2, 0) is 16.1 Å². The molecule has 1 aromatic carbocycles. The molecule has 0 atom stereocenters. The lowest BCUT2D eigenvalue weighted by molar-refractivity contribution is -0.184. The molecule has 0 bridgehead atoms. The number of carbonyl (C=O) groups excluding carboxylic acids is 2.